The maximum atomic E-state index is 12.2. The number of rotatable bonds is 2. The molecule has 0 fully saturated rings. The van der Waals surface area contributed by atoms with Gasteiger partial charge < -0.3 is 0 Å². The van der Waals surface area contributed by atoms with E-state index in [4.69, 9.17) is 0 Å². The Labute approximate surface area is 104 Å². The van der Waals surface area contributed by atoms with E-state index in [1.54, 1.807) is 0 Å². The molecule has 0 heterocycles. The van der Waals surface area contributed by atoms with Gasteiger partial charge in [0.2, 0.25) is 0 Å². The molecule has 0 aliphatic heterocycles. The van der Waals surface area contributed by atoms with E-state index in [9.17, 15) is 34.8 Å². The second-order valence-corrected chi connectivity index (χ2v) is 5.18. The Morgan fingerprint density at radius 3 is 1.68 bits per heavy atom. The Morgan fingerprint density at radius 1 is 0.895 bits per heavy atom. The summed E-state index contributed by atoms with van der Waals surface area (Å²) in [5, 5.41) is -0.803. The Kier molecular flexibility index (Phi) is 3.99. The molecule has 0 aliphatic carbocycles. The van der Waals surface area contributed by atoms with Gasteiger partial charge in [0, 0.05) is 0 Å². The number of benzene rings is 1. The first-order valence-corrected chi connectivity index (χ1v) is 6.15. The summed E-state index contributed by atoms with van der Waals surface area (Å²) in [6.45, 7) is 0. The fourth-order valence-electron chi connectivity index (χ4n) is 1.13. The molecule has 0 spiro atoms. The van der Waals surface area contributed by atoms with Crippen molar-refractivity contribution >= 4 is 9.84 Å². The van der Waals surface area contributed by atoms with E-state index < -0.39 is 38.1 Å². The van der Waals surface area contributed by atoms with Gasteiger partial charge in [0.1, 0.15) is 5.57 Å². The van der Waals surface area contributed by atoms with Crippen LogP contribution in [0.3, 0.4) is 0 Å². The van der Waals surface area contributed by atoms with E-state index in [0.717, 1.165) is 12.1 Å². The van der Waals surface area contributed by atoms with Gasteiger partial charge in [-0.3, -0.25) is 0 Å². The van der Waals surface area contributed by atoms with Crippen molar-refractivity contribution in [2.24, 2.45) is 0 Å². The van der Waals surface area contributed by atoms with Gasteiger partial charge in [-0.1, -0.05) is 18.2 Å². The molecule has 0 saturated heterocycles. The van der Waals surface area contributed by atoms with E-state index in [1.807, 2.05) is 0 Å². The van der Waals surface area contributed by atoms with Crippen molar-refractivity contribution < 1.29 is 34.8 Å². The highest BCUT2D eigenvalue weighted by molar-refractivity contribution is 7.94. The first-order chi connectivity index (χ1) is 8.44. The number of sulfone groups is 1. The highest BCUT2D eigenvalue weighted by atomic mass is 32.2. The van der Waals surface area contributed by atoms with Crippen LogP contribution in [0.1, 0.15) is 0 Å². The minimum absolute atomic E-state index is 0.652. The van der Waals surface area contributed by atoms with Crippen LogP contribution >= 0.6 is 0 Å². The predicted molar refractivity (Wildman–Crippen MR) is 53.8 cm³/mol. The second kappa shape index (κ2) is 4.87. The van der Waals surface area contributed by atoms with Crippen molar-refractivity contribution in [3.63, 3.8) is 0 Å². The summed E-state index contributed by atoms with van der Waals surface area (Å²) in [6, 6.07) is 5.53. The average molecular weight is 304 g/mol. The lowest BCUT2D eigenvalue weighted by Crippen LogP contribution is -2.27. The van der Waals surface area contributed by atoms with Crippen LogP contribution in [-0.2, 0) is 9.84 Å². The SMILES string of the molecule is O=S(=O)(C=C(C(F)(F)F)C(F)(F)F)c1ccccc1. The quantitative estimate of drug-likeness (QED) is 0.784. The van der Waals surface area contributed by atoms with E-state index in [2.05, 4.69) is 0 Å². The molecule has 1 aromatic rings. The van der Waals surface area contributed by atoms with Crippen LogP contribution in [0.25, 0.3) is 0 Å². The molecule has 1 rings (SSSR count). The van der Waals surface area contributed by atoms with Gasteiger partial charge in [-0.2, -0.15) is 26.3 Å². The molecule has 0 amide bonds. The topological polar surface area (TPSA) is 34.1 Å². The van der Waals surface area contributed by atoms with Gasteiger partial charge in [-0.05, 0) is 12.1 Å². The Hall–Kier alpha value is -1.51. The van der Waals surface area contributed by atoms with Gasteiger partial charge >= 0.3 is 12.4 Å². The van der Waals surface area contributed by atoms with Crippen LogP contribution in [0.4, 0.5) is 26.3 Å². The standard InChI is InChI=1S/C10H6F6O2S/c11-9(12,13)8(10(14,15)16)6-19(17,18)7-4-2-1-3-5-7/h1-6H. The minimum Gasteiger partial charge on any atom is -0.219 e. The lowest BCUT2D eigenvalue weighted by Gasteiger charge is -2.14. The first kappa shape index (κ1) is 15.5. The first-order valence-electron chi connectivity index (χ1n) is 4.61. The van der Waals surface area contributed by atoms with Crippen molar-refractivity contribution in [1.82, 2.24) is 0 Å². The van der Waals surface area contributed by atoms with Crippen LogP contribution in [0, 0.1) is 0 Å². The molecule has 0 N–H and O–H groups in total. The second-order valence-electron chi connectivity index (χ2n) is 3.39. The van der Waals surface area contributed by atoms with Crippen molar-refractivity contribution in [3.05, 3.63) is 41.3 Å². The molecule has 19 heavy (non-hydrogen) atoms. The molecular weight excluding hydrogens is 298 g/mol. The maximum Gasteiger partial charge on any atom is 0.422 e. The smallest absolute Gasteiger partial charge is 0.219 e. The lowest BCUT2D eigenvalue weighted by molar-refractivity contribution is -0.171. The third-order valence-corrected chi connectivity index (χ3v) is 3.43. The van der Waals surface area contributed by atoms with Gasteiger partial charge in [-0.25, -0.2) is 8.42 Å². The fourth-order valence-corrected chi connectivity index (χ4v) is 2.38. The van der Waals surface area contributed by atoms with Gasteiger partial charge in [0.05, 0.1) is 10.3 Å². The zero-order chi connectivity index (χ0) is 14.9. The van der Waals surface area contributed by atoms with E-state index in [0.29, 0.717) is 0 Å². The normalized spacial score (nSPS) is 13.2. The molecule has 2 nitrogen and oxygen atoms in total. The summed E-state index contributed by atoms with van der Waals surface area (Å²) in [5.41, 5.74) is -3.07. The number of hydrogen-bond acceptors (Lipinski definition) is 2. The van der Waals surface area contributed by atoms with E-state index >= 15 is 0 Å². The predicted octanol–water partition coefficient (Wildman–Crippen LogP) is 3.47. The molecule has 106 valence electrons. The van der Waals surface area contributed by atoms with Crippen molar-refractivity contribution in [2.75, 3.05) is 0 Å². The summed E-state index contributed by atoms with van der Waals surface area (Å²) in [6.07, 6.45) is -11.6. The molecule has 1 aromatic carbocycles. The Morgan fingerprint density at radius 2 is 1.32 bits per heavy atom. The van der Waals surface area contributed by atoms with E-state index in [1.165, 1.54) is 18.2 Å². The van der Waals surface area contributed by atoms with Crippen LogP contribution in [0.15, 0.2) is 46.2 Å². The van der Waals surface area contributed by atoms with Crippen molar-refractivity contribution in [2.45, 2.75) is 17.2 Å². The highest BCUT2D eigenvalue weighted by Gasteiger charge is 2.51. The summed E-state index contributed by atoms with van der Waals surface area (Å²) in [5.74, 6) is 0. The van der Waals surface area contributed by atoms with Crippen LogP contribution in [0.2, 0.25) is 0 Å². The summed E-state index contributed by atoms with van der Waals surface area (Å²) >= 11 is 0. The monoisotopic (exact) mass is 304 g/mol. The fraction of sp³-hybridized carbons (Fsp3) is 0.200. The molecular formula is C10H6F6O2S. The van der Waals surface area contributed by atoms with Crippen molar-refractivity contribution in [3.8, 4) is 0 Å². The highest BCUT2D eigenvalue weighted by Crippen LogP contribution is 2.39. The molecule has 0 radical (unpaired) electrons. The minimum atomic E-state index is -5.81. The lowest BCUT2D eigenvalue weighted by atomic mass is 10.3. The molecule has 0 bridgehead atoms. The van der Waals surface area contributed by atoms with Gasteiger partial charge in [-0.15, -0.1) is 0 Å². The van der Waals surface area contributed by atoms with Gasteiger partial charge in [0.15, 0.2) is 9.84 Å². The molecule has 0 atom stereocenters. The third kappa shape index (κ3) is 3.98. The average Bonchev–Trinajstić information content (AvgIpc) is 2.24. The number of alkyl halides is 6. The Bertz CT molecular complexity index is 552. The summed E-state index contributed by atoms with van der Waals surface area (Å²) in [4.78, 5) is -0.652. The van der Waals surface area contributed by atoms with E-state index in [-0.39, 0.29) is 0 Å². The zero-order valence-electron chi connectivity index (χ0n) is 8.96. The zero-order valence-corrected chi connectivity index (χ0v) is 9.77. The molecule has 9 heteroatoms. The van der Waals surface area contributed by atoms with Crippen molar-refractivity contribution in [1.29, 1.82) is 0 Å². The third-order valence-electron chi connectivity index (χ3n) is 1.96. The maximum absolute atomic E-state index is 12.2. The number of halogens is 6. The summed E-state index contributed by atoms with van der Waals surface area (Å²) < 4.78 is 96.2. The number of hydrogen-bond donors (Lipinski definition) is 0. The summed E-state index contributed by atoms with van der Waals surface area (Å²) in [7, 11) is -4.83. The molecule has 0 aliphatic rings. The van der Waals surface area contributed by atoms with Crippen LogP contribution in [0.5, 0.6) is 0 Å². The molecule has 0 unspecified atom stereocenters. The number of allylic oxidation sites excluding steroid dienone is 1. The largest absolute Gasteiger partial charge is 0.422 e. The Balaban J connectivity index is 3.40. The van der Waals surface area contributed by atoms with Gasteiger partial charge in [0.25, 0.3) is 0 Å². The molecule has 0 saturated carbocycles. The van der Waals surface area contributed by atoms with Crippen LogP contribution < -0.4 is 0 Å². The molecule has 0 aromatic heterocycles. The van der Waals surface area contributed by atoms with Crippen LogP contribution in [-0.4, -0.2) is 20.8 Å².